The van der Waals surface area contributed by atoms with Gasteiger partial charge in [-0.05, 0) is 47.7 Å². The quantitative estimate of drug-likeness (QED) is 0.730. The van der Waals surface area contributed by atoms with E-state index in [0.717, 1.165) is 4.80 Å². The molecule has 0 fully saturated rings. The van der Waals surface area contributed by atoms with Gasteiger partial charge in [-0.25, -0.2) is 4.39 Å². The maximum atomic E-state index is 12.9. The van der Waals surface area contributed by atoms with Crippen LogP contribution in [0.1, 0.15) is 6.92 Å². The zero-order valence-corrected chi connectivity index (χ0v) is 13.8. The number of aromatic nitrogens is 4. The van der Waals surface area contributed by atoms with Gasteiger partial charge in [0.2, 0.25) is 17.6 Å². The van der Waals surface area contributed by atoms with Crippen molar-refractivity contribution in [2.45, 2.75) is 13.5 Å². The van der Waals surface area contributed by atoms with E-state index in [4.69, 9.17) is 0 Å². The highest BCUT2D eigenvalue weighted by molar-refractivity contribution is 5.93. The van der Waals surface area contributed by atoms with Gasteiger partial charge in [0.25, 0.3) is 0 Å². The van der Waals surface area contributed by atoms with Crippen LogP contribution in [0.5, 0.6) is 0 Å². The molecule has 1 heterocycles. The average molecular weight is 354 g/mol. The second-order valence-electron chi connectivity index (χ2n) is 5.46. The van der Waals surface area contributed by atoms with Crippen LogP contribution in [0.3, 0.4) is 0 Å². The van der Waals surface area contributed by atoms with Crippen molar-refractivity contribution in [3.8, 4) is 11.4 Å². The van der Waals surface area contributed by atoms with E-state index in [-0.39, 0.29) is 24.2 Å². The number of benzene rings is 2. The number of carbonyl (C=O) groups is 2. The lowest BCUT2D eigenvalue weighted by molar-refractivity contribution is -0.117. The number of tetrazole rings is 1. The standard InChI is InChI=1S/C17H15FN6O2/c1-11(25)19-14-3-2-4-15(9-14)20-16(26)10-24-22-17(21-23-24)12-5-7-13(18)8-6-12/h2-9H,10H2,1H3,(H,19,25)(H,20,26). The van der Waals surface area contributed by atoms with Gasteiger partial charge in [0.15, 0.2) is 0 Å². The Labute approximate surface area is 148 Å². The highest BCUT2D eigenvalue weighted by atomic mass is 19.1. The largest absolute Gasteiger partial charge is 0.326 e. The molecule has 3 aromatic rings. The molecular weight excluding hydrogens is 339 g/mol. The summed E-state index contributed by atoms with van der Waals surface area (Å²) < 4.78 is 12.9. The Kier molecular flexibility index (Phi) is 4.97. The molecule has 0 aliphatic heterocycles. The first-order chi connectivity index (χ1) is 12.5. The van der Waals surface area contributed by atoms with Gasteiger partial charge in [0, 0.05) is 23.9 Å². The first kappa shape index (κ1) is 17.2. The molecule has 26 heavy (non-hydrogen) atoms. The average Bonchev–Trinajstić information content (AvgIpc) is 3.03. The summed E-state index contributed by atoms with van der Waals surface area (Å²) in [6, 6.07) is 12.4. The molecule has 0 unspecified atom stereocenters. The van der Waals surface area contributed by atoms with Crippen LogP contribution in [0.4, 0.5) is 15.8 Å². The molecule has 1 aromatic heterocycles. The van der Waals surface area contributed by atoms with Crippen molar-refractivity contribution in [2.75, 3.05) is 10.6 Å². The minimum absolute atomic E-state index is 0.140. The molecule has 0 aliphatic rings. The summed E-state index contributed by atoms with van der Waals surface area (Å²) in [6.45, 7) is 1.26. The SMILES string of the molecule is CC(=O)Nc1cccc(NC(=O)Cn2nnc(-c3ccc(F)cc3)n2)c1. The topological polar surface area (TPSA) is 102 Å². The zero-order valence-electron chi connectivity index (χ0n) is 13.8. The lowest BCUT2D eigenvalue weighted by Gasteiger charge is -2.07. The van der Waals surface area contributed by atoms with Crippen LogP contribution >= 0.6 is 0 Å². The van der Waals surface area contributed by atoms with Crippen LogP contribution in [0.15, 0.2) is 48.5 Å². The smallest absolute Gasteiger partial charge is 0.248 e. The number of rotatable bonds is 5. The summed E-state index contributed by atoms with van der Waals surface area (Å²) in [5.74, 6) is -0.617. The highest BCUT2D eigenvalue weighted by Crippen LogP contribution is 2.16. The molecule has 9 heteroatoms. The highest BCUT2D eigenvalue weighted by Gasteiger charge is 2.10. The minimum Gasteiger partial charge on any atom is -0.326 e. The summed E-state index contributed by atoms with van der Waals surface area (Å²) in [4.78, 5) is 24.4. The van der Waals surface area contributed by atoms with Gasteiger partial charge in [-0.15, -0.1) is 10.2 Å². The number of carbonyl (C=O) groups excluding carboxylic acids is 2. The number of anilines is 2. The molecular formula is C17H15FN6O2. The Morgan fingerprint density at radius 1 is 1.08 bits per heavy atom. The second-order valence-corrected chi connectivity index (χ2v) is 5.46. The number of nitrogens with zero attached hydrogens (tertiary/aromatic N) is 4. The monoisotopic (exact) mass is 354 g/mol. The fourth-order valence-corrected chi connectivity index (χ4v) is 2.23. The van der Waals surface area contributed by atoms with Gasteiger partial charge in [-0.1, -0.05) is 6.07 Å². The number of amides is 2. The molecule has 8 nitrogen and oxygen atoms in total. The van der Waals surface area contributed by atoms with Crippen LogP contribution < -0.4 is 10.6 Å². The van der Waals surface area contributed by atoms with Crippen molar-refractivity contribution >= 4 is 23.2 Å². The Bertz CT molecular complexity index is 938. The molecule has 0 saturated carbocycles. The molecule has 2 amide bonds. The van der Waals surface area contributed by atoms with E-state index in [9.17, 15) is 14.0 Å². The van der Waals surface area contributed by atoms with Crippen LogP contribution in [-0.2, 0) is 16.1 Å². The molecule has 0 radical (unpaired) electrons. The van der Waals surface area contributed by atoms with Crippen LogP contribution in [0.2, 0.25) is 0 Å². The maximum absolute atomic E-state index is 12.9. The molecule has 0 atom stereocenters. The lowest BCUT2D eigenvalue weighted by atomic mass is 10.2. The van der Waals surface area contributed by atoms with E-state index >= 15 is 0 Å². The zero-order chi connectivity index (χ0) is 18.5. The van der Waals surface area contributed by atoms with Crippen LogP contribution in [0.25, 0.3) is 11.4 Å². The van der Waals surface area contributed by atoms with Gasteiger partial charge >= 0.3 is 0 Å². The van der Waals surface area contributed by atoms with E-state index in [0.29, 0.717) is 22.8 Å². The Hall–Kier alpha value is -3.62. The van der Waals surface area contributed by atoms with Gasteiger partial charge < -0.3 is 10.6 Å². The Morgan fingerprint density at radius 3 is 2.46 bits per heavy atom. The number of halogens is 1. The summed E-state index contributed by atoms with van der Waals surface area (Å²) in [5.41, 5.74) is 1.70. The van der Waals surface area contributed by atoms with Gasteiger partial charge in [-0.3, -0.25) is 9.59 Å². The van der Waals surface area contributed by atoms with Crippen LogP contribution in [0, 0.1) is 5.82 Å². The van der Waals surface area contributed by atoms with Gasteiger partial charge in [0.05, 0.1) is 0 Å². The van der Waals surface area contributed by atoms with Crippen molar-refractivity contribution in [3.05, 3.63) is 54.3 Å². The lowest BCUT2D eigenvalue weighted by Crippen LogP contribution is -2.20. The summed E-state index contributed by atoms with van der Waals surface area (Å²) in [5, 5.41) is 17.1. The number of hydrogen-bond donors (Lipinski definition) is 2. The fourth-order valence-electron chi connectivity index (χ4n) is 2.23. The molecule has 3 rings (SSSR count). The maximum Gasteiger partial charge on any atom is 0.248 e. The van der Waals surface area contributed by atoms with Crippen molar-refractivity contribution in [3.63, 3.8) is 0 Å². The third-order valence-electron chi connectivity index (χ3n) is 3.31. The molecule has 132 valence electrons. The van der Waals surface area contributed by atoms with E-state index in [2.05, 4.69) is 26.0 Å². The van der Waals surface area contributed by atoms with Crippen molar-refractivity contribution < 1.29 is 14.0 Å². The molecule has 0 spiro atoms. The Balaban J connectivity index is 1.64. The Morgan fingerprint density at radius 2 is 1.77 bits per heavy atom. The van der Waals surface area contributed by atoms with Gasteiger partial charge in [0.1, 0.15) is 12.4 Å². The van der Waals surface area contributed by atoms with E-state index < -0.39 is 0 Å². The van der Waals surface area contributed by atoms with E-state index in [1.165, 1.54) is 31.2 Å². The summed E-state index contributed by atoms with van der Waals surface area (Å²) in [7, 11) is 0. The van der Waals surface area contributed by atoms with Gasteiger partial charge in [-0.2, -0.15) is 4.80 Å². The fraction of sp³-hybridized carbons (Fsp3) is 0.118. The van der Waals surface area contributed by atoms with Crippen molar-refractivity contribution in [1.82, 2.24) is 20.2 Å². The first-order valence-electron chi connectivity index (χ1n) is 7.71. The predicted molar refractivity (Wildman–Crippen MR) is 92.6 cm³/mol. The van der Waals surface area contributed by atoms with Crippen molar-refractivity contribution in [1.29, 1.82) is 0 Å². The molecule has 0 aliphatic carbocycles. The minimum atomic E-state index is -0.359. The third kappa shape index (κ3) is 4.47. The predicted octanol–water partition coefficient (Wildman–Crippen LogP) is 2.08. The van der Waals surface area contributed by atoms with E-state index in [1.807, 2.05) is 0 Å². The second kappa shape index (κ2) is 7.51. The van der Waals surface area contributed by atoms with Crippen molar-refractivity contribution in [2.24, 2.45) is 0 Å². The summed E-state index contributed by atoms with van der Waals surface area (Å²) >= 11 is 0. The molecule has 2 aromatic carbocycles. The van der Waals surface area contributed by atoms with Crippen LogP contribution in [-0.4, -0.2) is 32.0 Å². The number of hydrogen-bond acceptors (Lipinski definition) is 5. The summed E-state index contributed by atoms with van der Waals surface area (Å²) in [6.07, 6.45) is 0. The first-order valence-corrected chi connectivity index (χ1v) is 7.71. The third-order valence-corrected chi connectivity index (χ3v) is 3.31. The molecule has 2 N–H and O–H groups in total. The molecule has 0 saturated heterocycles. The normalized spacial score (nSPS) is 10.4. The van der Waals surface area contributed by atoms with E-state index in [1.54, 1.807) is 24.3 Å². The molecule has 0 bridgehead atoms. The number of nitrogens with one attached hydrogen (secondary N) is 2.